The van der Waals surface area contributed by atoms with Crippen LogP contribution in [0.15, 0.2) is 24.3 Å². The molecule has 0 spiro atoms. The van der Waals surface area contributed by atoms with Gasteiger partial charge in [-0.25, -0.2) is 0 Å². The van der Waals surface area contributed by atoms with E-state index in [0.29, 0.717) is 6.42 Å². The highest BCUT2D eigenvalue weighted by atomic mass is 19.4. The second kappa shape index (κ2) is 5.31. The van der Waals surface area contributed by atoms with Gasteiger partial charge in [-0.1, -0.05) is 39.0 Å². The Morgan fingerprint density at radius 1 is 1.11 bits per heavy atom. The van der Waals surface area contributed by atoms with Crippen molar-refractivity contribution in [1.29, 1.82) is 0 Å². The topological polar surface area (TPSA) is 20.2 Å². The molecule has 102 valence electrons. The largest absolute Gasteiger partial charge is 0.416 e. The predicted molar refractivity (Wildman–Crippen MR) is 65.3 cm³/mol. The number of halogens is 3. The third-order valence-electron chi connectivity index (χ3n) is 3.10. The van der Waals surface area contributed by atoms with Gasteiger partial charge in [0.1, 0.15) is 0 Å². The van der Waals surface area contributed by atoms with E-state index < -0.39 is 11.7 Å². The van der Waals surface area contributed by atoms with Gasteiger partial charge in [-0.3, -0.25) is 0 Å². The van der Waals surface area contributed by atoms with Gasteiger partial charge in [0.2, 0.25) is 0 Å². The second-order valence-electron chi connectivity index (χ2n) is 5.52. The van der Waals surface area contributed by atoms with Crippen LogP contribution in [0.2, 0.25) is 0 Å². The van der Waals surface area contributed by atoms with Gasteiger partial charge in [-0.2, -0.15) is 13.2 Å². The molecule has 0 saturated carbocycles. The summed E-state index contributed by atoms with van der Waals surface area (Å²) in [4.78, 5) is 0. The minimum absolute atomic E-state index is 0.117. The first-order chi connectivity index (χ1) is 8.18. The maximum Gasteiger partial charge on any atom is 0.416 e. The van der Waals surface area contributed by atoms with Gasteiger partial charge in [0.05, 0.1) is 5.56 Å². The van der Waals surface area contributed by atoms with Crippen LogP contribution < -0.4 is 0 Å². The van der Waals surface area contributed by atoms with E-state index in [4.69, 9.17) is 5.11 Å². The molecule has 1 aromatic carbocycles. The van der Waals surface area contributed by atoms with Crippen LogP contribution in [0.25, 0.3) is 0 Å². The molecule has 0 aliphatic carbocycles. The van der Waals surface area contributed by atoms with Crippen LogP contribution in [0, 0.1) is 5.41 Å². The minimum atomic E-state index is -4.35. The van der Waals surface area contributed by atoms with Crippen molar-refractivity contribution < 1.29 is 18.3 Å². The van der Waals surface area contributed by atoms with Gasteiger partial charge in [-0.15, -0.1) is 0 Å². The van der Waals surface area contributed by atoms with E-state index in [1.54, 1.807) is 6.07 Å². The highest BCUT2D eigenvalue weighted by Crippen LogP contribution is 2.43. The van der Waals surface area contributed by atoms with E-state index >= 15 is 0 Å². The number of hydrogen-bond donors (Lipinski definition) is 1. The van der Waals surface area contributed by atoms with E-state index in [9.17, 15) is 13.2 Å². The van der Waals surface area contributed by atoms with Crippen LogP contribution in [0.3, 0.4) is 0 Å². The molecule has 4 heteroatoms. The highest BCUT2D eigenvalue weighted by molar-refractivity contribution is 5.33. The van der Waals surface area contributed by atoms with Crippen LogP contribution in [-0.2, 0) is 6.18 Å². The van der Waals surface area contributed by atoms with Gasteiger partial charge < -0.3 is 5.11 Å². The lowest BCUT2D eigenvalue weighted by molar-refractivity contribution is -0.138. The van der Waals surface area contributed by atoms with Crippen LogP contribution in [0.4, 0.5) is 13.2 Å². The first-order valence-corrected chi connectivity index (χ1v) is 5.95. The SMILES string of the molecule is CC(C)(C)C(CCO)c1ccccc1C(F)(F)F. The zero-order valence-corrected chi connectivity index (χ0v) is 10.9. The normalized spacial score (nSPS) is 14.6. The Kier molecular flexibility index (Phi) is 4.43. The Balaban J connectivity index is 3.29. The number of benzene rings is 1. The molecule has 0 aliphatic rings. The van der Waals surface area contributed by atoms with Crippen molar-refractivity contribution in [1.82, 2.24) is 0 Å². The summed E-state index contributed by atoms with van der Waals surface area (Å²) in [5.74, 6) is -0.319. The molecule has 1 rings (SSSR count). The summed E-state index contributed by atoms with van der Waals surface area (Å²) < 4.78 is 38.9. The number of rotatable bonds is 3. The van der Waals surface area contributed by atoms with Gasteiger partial charge in [0.15, 0.2) is 0 Å². The molecule has 1 N–H and O–H groups in total. The van der Waals surface area contributed by atoms with Crippen LogP contribution in [0.5, 0.6) is 0 Å². The molecule has 1 nitrogen and oxygen atoms in total. The lowest BCUT2D eigenvalue weighted by Gasteiger charge is -2.32. The quantitative estimate of drug-likeness (QED) is 0.862. The lowest BCUT2D eigenvalue weighted by Crippen LogP contribution is -2.23. The fourth-order valence-electron chi connectivity index (χ4n) is 2.24. The van der Waals surface area contributed by atoms with Crippen molar-refractivity contribution in [3.05, 3.63) is 35.4 Å². The maximum atomic E-state index is 13.0. The Hall–Kier alpha value is -1.03. The lowest BCUT2D eigenvalue weighted by atomic mass is 9.73. The molecule has 0 saturated heterocycles. The van der Waals surface area contributed by atoms with Gasteiger partial charge in [0.25, 0.3) is 0 Å². The van der Waals surface area contributed by atoms with Gasteiger partial charge >= 0.3 is 6.18 Å². The smallest absolute Gasteiger partial charge is 0.396 e. The minimum Gasteiger partial charge on any atom is -0.396 e. The summed E-state index contributed by atoms with van der Waals surface area (Å²) >= 11 is 0. The Bertz CT molecular complexity index is 391. The fraction of sp³-hybridized carbons (Fsp3) is 0.571. The first-order valence-electron chi connectivity index (χ1n) is 5.95. The molecule has 0 amide bonds. The van der Waals surface area contributed by atoms with Crippen LogP contribution in [-0.4, -0.2) is 11.7 Å². The van der Waals surface area contributed by atoms with Crippen molar-refractivity contribution in [2.45, 2.75) is 39.3 Å². The number of aliphatic hydroxyl groups excluding tert-OH is 1. The standard InChI is InChI=1S/C14H19F3O/c1-13(2,3)11(8-9-18)10-6-4-5-7-12(10)14(15,16)17/h4-7,11,18H,8-9H2,1-3H3. The van der Waals surface area contributed by atoms with Crippen molar-refractivity contribution >= 4 is 0 Å². The number of alkyl halides is 3. The molecule has 1 unspecified atom stereocenters. The van der Waals surface area contributed by atoms with Crippen LogP contribution >= 0.6 is 0 Å². The van der Waals surface area contributed by atoms with E-state index in [1.165, 1.54) is 12.1 Å². The summed E-state index contributed by atoms with van der Waals surface area (Å²) in [6.07, 6.45) is -4.02. The summed E-state index contributed by atoms with van der Waals surface area (Å²) in [6.45, 7) is 5.55. The predicted octanol–water partition coefficient (Wildman–Crippen LogP) is 4.22. The molecule has 0 bridgehead atoms. The zero-order chi connectivity index (χ0) is 14.0. The first kappa shape index (κ1) is 15.0. The van der Waals surface area contributed by atoms with Gasteiger partial charge in [-0.05, 0) is 29.4 Å². The molecule has 0 aliphatic heterocycles. The van der Waals surface area contributed by atoms with E-state index in [2.05, 4.69) is 0 Å². The zero-order valence-electron chi connectivity index (χ0n) is 10.9. The van der Waals surface area contributed by atoms with Crippen molar-refractivity contribution in [2.75, 3.05) is 6.61 Å². The van der Waals surface area contributed by atoms with Crippen molar-refractivity contribution in [2.24, 2.45) is 5.41 Å². The monoisotopic (exact) mass is 260 g/mol. The Morgan fingerprint density at radius 3 is 2.11 bits per heavy atom. The summed E-state index contributed by atoms with van der Waals surface area (Å²) in [5.41, 5.74) is -0.658. The molecule has 0 aromatic heterocycles. The van der Waals surface area contributed by atoms with E-state index in [1.807, 2.05) is 20.8 Å². The molecule has 0 fully saturated rings. The maximum absolute atomic E-state index is 13.0. The molecule has 18 heavy (non-hydrogen) atoms. The summed E-state index contributed by atoms with van der Waals surface area (Å²) in [6, 6.07) is 5.62. The molecule has 0 heterocycles. The van der Waals surface area contributed by atoms with Crippen molar-refractivity contribution in [3.63, 3.8) is 0 Å². The Labute approximate surface area is 106 Å². The second-order valence-corrected chi connectivity index (χ2v) is 5.52. The number of hydrogen-bond acceptors (Lipinski definition) is 1. The van der Waals surface area contributed by atoms with Crippen LogP contribution in [0.1, 0.15) is 44.2 Å². The third kappa shape index (κ3) is 3.48. The number of aliphatic hydroxyl groups is 1. The molecule has 1 aromatic rings. The average Bonchev–Trinajstić information content (AvgIpc) is 2.23. The summed E-state index contributed by atoms with van der Waals surface area (Å²) in [5, 5.41) is 9.07. The molecule has 1 atom stereocenters. The average molecular weight is 260 g/mol. The fourth-order valence-corrected chi connectivity index (χ4v) is 2.24. The van der Waals surface area contributed by atoms with E-state index in [0.717, 1.165) is 6.07 Å². The van der Waals surface area contributed by atoms with Gasteiger partial charge in [0, 0.05) is 6.61 Å². The highest BCUT2D eigenvalue weighted by Gasteiger charge is 2.37. The third-order valence-corrected chi connectivity index (χ3v) is 3.10. The van der Waals surface area contributed by atoms with E-state index in [-0.39, 0.29) is 23.5 Å². The molecule has 0 radical (unpaired) electrons. The summed E-state index contributed by atoms with van der Waals surface area (Å²) in [7, 11) is 0. The molecular formula is C14H19F3O. The Morgan fingerprint density at radius 2 is 1.67 bits per heavy atom. The van der Waals surface area contributed by atoms with Crippen molar-refractivity contribution in [3.8, 4) is 0 Å². The molecular weight excluding hydrogens is 241 g/mol.